The zero-order valence-electron chi connectivity index (χ0n) is 14.4. The molecule has 3 aromatic carbocycles. The molecule has 7 heteroatoms. The maximum Gasteiger partial charge on any atom is 0.150 e. The Hall–Kier alpha value is -2.99. The van der Waals surface area contributed by atoms with E-state index in [1.54, 1.807) is 49.6 Å². The van der Waals surface area contributed by atoms with Crippen molar-refractivity contribution in [2.24, 2.45) is 0 Å². The van der Waals surface area contributed by atoms with Crippen LogP contribution in [-0.2, 0) is 6.61 Å². The van der Waals surface area contributed by atoms with E-state index in [2.05, 4.69) is 0 Å². The SMILES string of the molecule is COc1ccc(Oc2ccc(OCc3c(F)cccc3F)cc2)c(N)c1.Cl. The Morgan fingerprint density at radius 2 is 1.44 bits per heavy atom. The van der Waals surface area contributed by atoms with Crippen LogP contribution in [0.15, 0.2) is 60.7 Å². The molecular formula is C20H18ClF2NO3. The van der Waals surface area contributed by atoms with E-state index in [0.29, 0.717) is 28.7 Å². The number of benzene rings is 3. The predicted octanol–water partition coefficient (Wildman–Crippen LogP) is 5.35. The molecule has 0 aliphatic carbocycles. The highest BCUT2D eigenvalue weighted by Gasteiger charge is 2.09. The summed E-state index contributed by atoms with van der Waals surface area (Å²) in [6, 6.07) is 15.5. The maximum absolute atomic E-state index is 13.6. The second-order valence-corrected chi connectivity index (χ2v) is 5.47. The molecule has 0 aliphatic rings. The fourth-order valence-corrected chi connectivity index (χ4v) is 2.30. The molecule has 0 fully saturated rings. The number of hydrogen-bond acceptors (Lipinski definition) is 4. The summed E-state index contributed by atoms with van der Waals surface area (Å²) in [4.78, 5) is 0. The van der Waals surface area contributed by atoms with E-state index in [-0.39, 0.29) is 24.6 Å². The van der Waals surface area contributed by atoms with Crippen molar-refractivity contribution in [2.45, 2.75) is 6.61 Å². The van der Waals surface area contributed by atoms with Crippen molar-refractivity contribution in [3.8, 4) is 23.0 Å². The minimum Gasteiger partial charge on any atom is -0.497 e. The Kier molecular flexibility index (Phi) is 6.85. The normalized spacial score (nSPS) is 10.0. The van der Waals surface area contributed by atoms with Crippen LogP contribution >= 0.6 is 12.4 Å². The van der Waals surface area contributed by atoms with Gasteiger partial charge in [0.05, 0.1) is 18.4 Å². The van der Waals surface area contributed by atoms with Crippen molar-refractivity contribution in [1.29, 1.82) is 0 Å². The summed E-state index contributed by atoms with van der Waals surface area (Å²) in [6.07, 6.45) is 0. The van der Waals surface area contributed by atoms with Gasteiger partial charge in [0.15, 0.2) is 5.75 Å². The van der Waals surface area contributed by atoms with Crippen LogP contribution in [0.2, 0.25) is 0 Å². The van der Waals surface area contributed by atoms with Crippen LogP contribution in [0.4, 0.5) is 14.5 Å². The van der Waals surface area contributed by atoms with Gasteiger partial charge in [0, 0.05) is 6.07 Å². The number of anilines is 1. The monoisotopic (exact) mass is 393 g/mol. The van der Waals surface area contributed by atoms with E-state index in [1.807, 2.05) is 0 Å². The number of nitrogens with two attached hydrogens (primary N) is 1. The largest absolute Gasteiger partial charge is 0.497 e. The molecule has 3 aromatic rings. The zero-order chi connectivity index (χ0) is 18.5. The lowest BCUT2D eigenvalue weighted by atomic mass is 10.2. The van der Waals surface area contributed by atoms with Crippen molar-refractivity contribution in [3.63, 3.8) is 0 Å². The fraction of sp³-hybridized carbons (Fsp3) is 0.100. The molecule has 2 N–H and O–H groups in total. The first-order chi connectivity index (χ1) is 12.6. The molecule has 0 spiro atoms. The number of methoxy groups -OCH3 is 1. The average Bonchev–Trinajstić information content (AvgIpc) is 2.64. The molecule has 0 aliphatic heterocycles. The van der Waals surface area contributed by atoms with Gasteiger partial charge in [-0.25, -0.2) is 8.78 Å². The molecular weight excluding hydrogens is 376 g/mol. The molecule has 0 saturated heterocycles. The van der Waals surface area contributed by atoms with Crippen LogP contribution < -0.4 is 19.9 Å². The smallest absolute Gasteiger partial charge is 0.150 e. The van der Waals surface area contributed by atoms with Crippen LogP contribution in [0.3, 0.4) is 0 Å². The molecule has 0 unspecified atom stereocenters. The molecule has 0 saturated carbocycles. The summed E-state index contributed by atoms with van der Waals surface area (Å²) in [6.45, 7) is -0.204. The van der Waals surface area contributed by atoms with Gasteiger partial charge in [-0.3, -0.25) is 0 Å². The van der Waals surface area contributed by atoms with Crippen molar-refractivity contribution in [1.82, 2.24) is 0 Å². The lowest BCUT2D eigenvalue weighted by Crippen LogP contribution is -2.01. The summed E-state index contributed by atoms with van der Waals surface area (Å²) in [5.41, 5.74) is 6.25. The topological polar surface area (TPSA) is 53.7 Å². The third-order valence-electron chi connectivity index (χ3n) is 3.71. The van der Waals surface area contributed by atoms with Gasteiger partial charge >= 0.3 is 0 Å². The highest BCUT2D eigenvalue weighted by atomic mass is 35.5. The number of hydrogen-bond donors (Lipinski definition) is 1. The van der Waals surface area contributed by atoms with Gasteiger partial charge in [0.1, 0.15) is 35.5 Å². The molecule has 0 bridgehead atoms. The summed E-state index contributed by atoms with van der Waals surface area (Å²) in [5.74, 6) is 0.862. The van der Waals surface area contributed by atoms with E-state index in [9.17, 15) is 8.78 Å². The molecule has 142 valence electrons. The van der Waals surface area contributed by atoms with Gasteiger partial charge in [-0.05, 0) is 48.5 Å². The Bertz CT molecular complexity index is 884. The fourth-order valence-electron chi connectivity index (χ4n) is 2.30. The number of ether oxygens (including phenoxy) is 3. The highest BCUT2D eigenvalue weighted by Crippen LogP contribution is 2.31. The van der Waals surface area contributed by atoms with Gasteiger partial charge in [0.2, 0.25) is 0 Å². The Labute approximate surface area is 161 Å². The summed E-state index contributed by atoms with van der Waals surface area (Å²) in [7, 11) is 1.56. The molecule has 3 rings (SSSR count). The van der Waals surface area contributed by atoms with Crippen molar-refractivity contribution in [3.05, 3.63) is 77.9 Å². The second kappa shape index (κ2) is 9.09. The molecule has 4 nitrogen and oxygen atoms in total. The lowest BCUT2D eigenvalue weighted by molar-refractivity contribution is 0.292. The van der Waals surface area contributed by atoms with Crippen molar-refractivity contribution in [2.75, 3.05) is 12.8 Å². The first-order valence-electron chi connectivity index (χ1n) is 7.84. The van der Waals surface area contributed by atoms with Gasteiger partial charge in [0.25, 0.3) is 0 Å². The second-order valence-electron chi connectivity index (χ2n) is 5.47. The number of nitrogen functional groups attached to an aromatic ring is 1. The van der Waals surface area contributed by atoms with Crippen LogP contribution in [0, 0.1) is 11.6 Å². The Balaban J connectivity index is 0.00000261. The van der Waals surface area contributed by atoms with Crippen LogP contribution in [0.1, 0.15) is 5.56 Å². The van der Waals surface area contributed by atoms with Crippen LogP contribution in [-0.4, -0.2) is 7.11 Å². The van der Waals surface area contributed by atoms with Crippen molar-refractivity contribution < 1.29 is 23.0 Å². The maximum atomic E-state index is 13.6. The molecule has 0 atom stereocenters. The summed E-state index contributed by atoms with van der Waals surface area (Å²) >= 11 is 0. The highest BCUT2D eigenvalue weighted by molar-refractivity contribution is 5.85. The van der Waals surface area contributed by atoms with Gasteiger partial charge < -0.3 is 19.9 Å². The molecule has 0 amide bonds. The van der Waals surface area contributed by atoms with Crippen LogP contribution in [0.5, 0.6) is 23.0 Å². The van der Waals surface area contributed by atoms with Gasteiger partial charge in [-0.1, -0.05) is 6.07 Å². The van der Waals surface area contributed by atoms with Gasteiger partial charge in [-0.2, -0.15) is 0 Å². The number of rotatable bonds is 6. The first-order valence-corrected chi connectivity index (χ1v) is 7.84. The van der Waals surface area contributed by atoms with E-state index in [0.717, 1.165) is 0 Å². The molecule has 0 heterocycles. The standard InChI is InChI=1S/C20H17F2NO3.ClH/c1-24-15-9-10-20(19(23)11-15)26-14-7-5-13(6-8-14)25-12-16-17(21)3-2-4-18(16)22;/h2-11H,12,23H2,1H3;1H. The van der Waals surface area contributed by atoms with Crippen molar-refractivity contribution >= 4 is 18.1 Å². The van der Waals surface area contributed by atoms with E-state index < -0.39 is 11.6 Å². The quantitative estimate of drug-likeness (QED) is 0.574. The number of halogens is 3. The lowest BCUT2D eigenvalue weighted by Gasteiger charge is -2.11. The third kappa shape index (κ3) is 5.01. The minimum atomic E-state index is -0.639. The first kappa shape index (κ1) is 20.3. The molecule has 0 radical (unpaired) electrons. The van der Waals surface area contributed by atoms with E-state index >= 15 is 0 Å². The summed E-state index contributed by atoms with van der Waals surface area (Å²) < 4.78 is 43.4. The molecule has 0 aromatic heterocycles. The predicted molar refractivity (Wildman–Crippen MR) is 102 cm³/mol. The molecule has 27 heavy (non-hydrogen) atoms. The van der Waals surface area contributed by atoms with E-state index in [1.165, 1.54) is 18.2 Å². The third-order valence-corrected chi connectivity index (χ3v) is 3.71. The zero-order valence-corrected chi connectivity index (χ0v) is 15.3. The average molecular weight is 394 g/mol. The Morgan fingerprint density at radius 1 is 0.852 bits per heavy atom. The minimum absolute atomic E-state index is 0. The summed E-state index contributed by atoms with van der Waals surface area (Å²) in [5, 5.41) is 0. The van der Waals surface area contributed by atoms with E-state index in [4.69, 9.17) is 19.9 Å². The van der Waals surface area contributed by atoms with Gasteiger partial charge in [-0.15, -0.1) is 12.4 Å². The van der Waals surface area contributed by atoms with Crippen LogP contribution in [0.25, 0.3) is 0 Å². The Morgan fingerprint density at radius 3 is 2.04 bits per heavy atom.